The van der Waals surface area contributed by atoms with Gasteiger partial charge in [-0.2, -0.15) is 0 Å². The molecule has 0 rings (SSSR count). The number of rotatable bonds is 8. The molecule has 106 valence electrons. The smallest absolute Gasteiger partial charge is 0.328 e. The molecule has 6 heteroatoms. The lowest BCUT2D eigenvalue weighted by atomic mass is 10.1. The maximum absolute atomic E-state index is 11.5. The fourth-order valence-electron chi connectivity index (χ4n) is 1.45. The van der Waals surface area contributed by atoms with Gasteiger partial charge in [-0.15, -0.1) is 0 Å². The third-order valence-electron chi connectivity index (χ3n) is 2.66. The number of hydrogen-bond donors (Lipinski definition) is 3. The molecular formula is C12H25N3O3. The van der Waals surface area contributed by atoms with Crippen LogP contribution in [-0.2, 0) is 4.79 Å². The monoisotopic (exact) mass is 259 g/mol. The average molecular weight is 259 g/mol. The molecular weight excluding hydrogens is 234 g/mol. The fourth-order valence-corrected chi connectivity index (χ4v) is 1.45. The van der Waals surface area contributed by atoms with Crippen molar-refractivity contribution in [3.63, 3.8) is 0 Å². The third kappa shape index (κ3) is 6.44. The minimum atomic E-state index is -1.25. The minimum Gasteiger partial charge on any atom is -0.480 e. The Morgan fingerprint density at radius 1 is 1.22 bits per heavy atom. The Morgan fingerprint density at radius 2 is 1.83 bits per heavy atom. The summed E-state index contributed by atoms with van der Waals surface area (Å²) in [7, 11) is 0. The van der Waals surface area contributed by atoms with Gasteiger partial charge in [-0.1, -0.05) is 13.8 Å². The number of carboxylic acid groups (broad SMARTS) is 1. The highest BCUT2D eigenvalue weighted by molar-refractivity contribution is 5.85. The highest BCUT2D eigenvalue weighted by Gasteiger charge is 2.28. The largest absolute Gasteiger partial charge is 0.480 e. The number of likely N-dealkylation sites (N-methyl/N-ethyl adjacent to an activating group) is 1. The van der Waals surface area contributed by atoms with Crippen molar-refractivity contribution in [2.45, 2.75) is 39.7 Å². The van der Waals surface area contributed by atoms with Crippen molar-refractivity contribution in [3.05, 3.63) is 0 Å². The van der Waals surface area contributed by atoms with Crippen LogP contribution >= 0.6 is 0 Å². The molecule has 0 aromatic rings. The highest BCUT2D eigenvalue weighted by Crippen LogP contribution is 2.00. The van der Waals surface area contributed by atoms with E-state index >= 15 is 0 Å². The van der Waals surface area contributed by atoms with Gasteiger partial charge < -0.3 is 20.6 Å². The molecule has 0 heterocycles. The molecule has 0 aliphatic rings. The topological polar surface area (TPSA) is 81.7 Å². The van der Waals surface area contributed by atoms with Crippen LogP contribution in [0.25, 0.3) is 0 Å². The standard InChI is InChI=1S/C12H25N3O3/c1-5-8-15(6-2)9-7-13-11(18)14-12(3,4)10(16)17/h5-9H2,1-4H3,(H,16,17)(H2,13,14,18). The lowest BCUT2D eigenvalue weighted by molar-refractivity contribution is -0.142. The van der Waals surface area contributed by atoms with E-state index in [4.69, 9.17) is 5.11 Å². The van der Waals surface area contributed by atoms with Crippen molar-refractivity contribution >= 4 is 12.0 Å². The van der Waals surface area contributed by atoms with E-state index in [9.17, 15) is 9.59 Å². The summed E-state index contributed by atoms with van der Waals surface area (Å²) < 4.78 is 0. The first kappa shape index (κ1) is 16.7. The van der Waals surface area contributed by atoms with Gasteiger partial charge in [-0.3, -0.25) is 0 Å². The second kappa shape index (κ2) is 7.92. The number of nitrogens with zero attached hydrogens (tertiary/aromatic N) is 1. The van der Waals surface area contributed by atoms with Gasteiger partial charge in [0.25, 0.3) is 0 Å². The summed E-state index contributed by atoms with van der Waals surface area (Å²) >= 11 is 0. The summed E-state index contributed by atoms with van der Waals surface area (Å²) in [5, 5.41) is 13.9. The predicted molar refractivity (Wildman–Crippen MR) is 70.7 cm³/mol. The summed E-state index contributed by atoms with van der Waals surface area (Å²) in [4.78, 5) is 24.5. The predicted octanol–water partition coefficient (Wildman–Crippen LogP) is 0.881. The Kier molecular flexibility index (Phi) is 7.35. The van der Waals surface area contributed by atoms with E-state index in [1.165, 1.54) is 13.8 Å². The summed E-state index contributed by atoms with van der Waals surface area (Å²) in [5.41, 5.74) is -1.25. The summed E-state index contributed by atoms with van der Waals surface area (Å²) in [6.45, 7) is 10.3. The minimum absolute atomic E-state index is 0.449. The van der Waals surface area contributed by atoms with Gasteiger partial charge in [0, 0.05) is 13.1 Å². The SMILES string of the molecule is CCCN(CC)CCNC(=O)NC(C)(C)C(=O)O. The van der Waals surface area contributed by atoms with Gasteiger partial charge in [0.1, 0.15) is 5.54 Å². The maximum atomic E-state index is 11.5. The second-order valence-corrected chi connectivity index (χ2v) is 4.75. The normalized spacial score (nSPS) is 11.4. The zero-order chi connectivity index (χ0) is 14.2. The van der Waals surface area contributed by atoms with Crippen molar-refractivity contribution < 1.29 is 14.7 Å². The molecule has 0 fully saturated rings. The summed E-state index contributed by atoms with van der Waals surface area (Å²) in [6, 6.07) is -0.449. The molecule has 0 spiro atoms. The summed E-state index contributed by atoms with van der Waals surface area (Å²) in [6.07, 6.45) is 1.08. The van der Waals surface area contributed by atoms with Crippen molar-refractivity contribution in [2.75, 3.05) is 26.2 Å². The molecule has 0 atom stereocenters. The third-order valence-corrected chi connectivity index (χ3v) is 2.66. The number of carbonyl (C=O) groups excluding carboxylic acids is 1. The van der Waals surface area contributed by atoms with Crippen molar-refractivity contribution in [3.8, 4) is 0 Å². The molecule has 0 aliphatic carbocycles. The van der Waals surface area contributed by atoms with Gasteiger partial charge in [-0.05, 0) is 33.4 Å². The van der Waals surface area contributed by atoms with Crippen LogP contribution in [0.3, 0.4) is 0 Å². The first-order valence-electron chi connectivity index (χ1n) is 6.35. The van der Waals surface area contributed by atoms with Crippen molar-refractivity contribution in [1.82, 2.24) is 15.5 Å². The molecule has 3 N–H and O–H groups in total. The zero-order valence-electron chi connectivity index (χ0n) is 11.7. The van der Waals surface area contributed by atoms with Crippen LogP contribution in [-0.4, -0.2) is 53.7 Å². The van der Waals surface area contributed by atoms with Gasteiger partial charge >= 0.3 is 12.0 Å². The summed E-state index contributed by atoms with van der Waals surface area (Å²) in [5.74, 6) is -1.06. The molecule has 6 nitrogen and oxygen atoms in total. The van der Waals surface area contributed by atoms with Crippen LogP contribution in [0.5, 0.6) is 0 Å². The molecule has 0 aromatic heterocycles. The Bertz CT molecular complexity index is 280. The number of aliphatic carboxylic acids is 1. The van der Waals surface area contributed by atoms with E-state index < -0.39 is 17.5 Å². The molecule has 18 heavy (non-hydrogen) atoms. The Morgan fingerprint density at radius 3 is 2.28 bits per heavy atom. The molecule has 0 aliphatic heterocycles. The first-order chi connectivity index (χ1) is 8.33. The lowest BCUT2D eigenvalue weighted by Crippen LogP contribution is -2.53. The van der Waals surface area contributed by atoms with Gasteiger partial charge in [0.05, 0.1) is 0 Å². The van der Waals surface area contributed by atoms with E-state index in [1.807, 2.05) is 0 Å². The van der Waals surface area contributed by atoms with Crippen LogP contribution in [0.15, 0.2) is 0 Å². The van der Waals surface area contributed by atoms with Gasteiger partial charge in [0.2, 0.25) is 0 Å². The molecule has 0 saturated heterocycles. The van der Waals surface area contributed by atoms with E-state index in [0.29, 0.717) is 6.54 Å². The van der Waals surface area contributed by atoms with E-state index in [-0.39, 0.29) is 0 Å². The van der Waals surface area contributed by atoms with Crippen LogP contribution < -0.4 is 10.6 Å². The average Bonchev–Trinajstić information content (AvgIpc) is 2.26. The Balaban J connectivity index is 3.94. The van der Waals surface area contributed by atoms with Crippen LogP contribution in [0.2, 0.25) is 0 Å². The number of hydrogen-bond acceptors (Lipinski definition) is 3. The molecule has 2 amide bonds. The van der Waals surface area contributed by atoms with Crippen LogP contribution in [0.1, 0.15) is 34.1 Å². The van der Waals surface area contributed by atoms with Gasteiger partial charge in [-0.25, -0.2) is 9.59 Å². The number of urea groups is 1. The van der Waals surface area contributed by atoms with Crippen LogP contribution in [0, 0.1) is 0 Å². The molecule has 0 saturated carbocycles. The fraction of sp³-hybridized carbons (Fsp3) is 0.833. The number of carboxylic acids is 1. The quantitative estimate of drug-likeness (QED) is 0.604. The number of nitrogens with one attached hydrogen (secondary N) is 2. The highest BCUT2D eigenvalue weighted by atomic mass is 16.4. The Hall–Kier alpha value is -1.30. The second-order valence-electron chi connectivity index (χ2n) is 4.75. The number of carbonyl (C=O) groups is 2. The van der Waals surface area contributed by atoms with E-state index in [1.54, 1.807) is 0 Å². The van der Waals surface area contributed by atoms with Crippen LogP contribution in [0.4, 0.5) is 4.79 Å². The van der Waals surface area contributed by atoms with E-state index in [0.717, 1.165) is 26.1 Å². The lowest BCUT2D eigenvalue weighted by Gasteiger charge is -2.23. The zero-order valence-corrected chi connectivity index (χ0v) is 11.7. The van der Waals surface area contributed by atoms with Gasteiger partial charge in [0.15, 0.2) is 0 Å². The van der Waals surface area contributed by atoms with Crippen molar-refractivity contribution in [1.29, 1.82) is 0 Å². The molecule has 0 radical (unpaired) electrons. The van der Waals surface area contributed by atoms with E-state index in [2.05, 4.69) is 29.4 Å². The molecule has 0 unspecified atom stereocenters. The molecule has 0 bridgehead atoms. The maximum Gasteiger partial charge on any atom is 0.328 e. The first-order valence-corrected chi connectivity index (χ1v) is 6.35. The molecule has 0 aromatic carbocycles. The van der Waals surface area contributed by atoms with Crippen molar-refractivity contribution in [2.24, 2.45) is 0 Å². The number of amides is 2. The Labute approximate surface area is 109 Å².